The molecule has 0 aliphatic carbocycles. The van der Waals surface area contributed by atoms with Gasteiger partial charge in [-0.25, -0.2) is 0 Å². The minimum Gasteiger partial charge on any atom is -0.378 e. The van der Waals surface area contributed by atoms with Gasteiger partial charge in [0.1, 0.15) is 0 Å². The van der Waals surface area contributed by atoms with E-state index in [1.807, 2.05) is 24.3 Å². The first-order chi connectivity index (χ1) is 9.29. The van der Waals surface area contributed by atoms with Crippen molar-refractivity contribution in [2.45, 2.75) is 44.1 Å². The summed E-state index contributed by atoms with van der Waals surface area (Å²) in [5.74, 6) is 0.439. The van der Waals surface area contributed by atoms with Crippen molar-refractivity contribution < 1.29 is 9.53 Å². The molecule has 1 unspecified atom stereocenters. The van der Waals surface area contributed by atoms with Crippen LogP contribution in [0.5, 0.6) is 0 Å². The van der Waals surface area contributed by atoms with Crippen LogP contribution < -0.4 is 5.32 Å². The Morgan fingerprint density at radius 1 is 1.37 bits per heavy atom. The number of ether oxygens (including phenoxy) is 1. The topological polar surface area (TPSA) is 38.3 Å². The Morgan fingerprint density at radius 2 is 2.21 bits per heavy atom. The number of rotatable bonds is 5. The molecule has 0 radical (unpaired) electrons. The first kappa shape index (κ1) is 14.4. The smallest absolute Gasteiger partial charge is 0.224 e. The van der Waals surface area contributed by atoms with Crippen LogP contribution in [0, 0.1) is 0 Å². The van der Waals surface area contributed by atoms with Crippen LogP contribution in [-0.2, 0) is 15.4 Å². The monoisotopic (exact) mass is 281 g/mol. The number of hydrogen-bond acceptors (Lipinski definition) is 2. The molecule has 1 fully saturated rings. The summed E-state index contributed by atoms with van der Waals surface area (Å²) in [6.07, 6.45) is 4.98. The van der Waals surface area contributed by atoms with Gasteiger partial charge >= 0.3 is 0 Å². The van der Waals surface area contributed by atoms with E-state index in [0.29, 0.717) is 12.3 Å². The van der Waals surface area contributed by atoms with E-state index in [9.17, 15) is 4.79 Å². The van der Waals surface area contributed by atoms with Crippen LogP contribution in [0.4, 0.5) is 5.69 Å². The van der Waals surface area contributed by atoms with E-state index in [4.69, 9.17) is 16.3 Å². The number of anilines is 1. The lowest BCUT2D eigenvalue weighted by Crippen LogP contribution is -2.22. The van der Waals surface area contributed by atoms with Gasteiger partial charge in [-0.15, -0.1) is 11.6 Å². The maximum absolute atomic E-state index is 11.9. The van der Waals surface area contributed by atoms with Crippen LogP contribution in [0.3, 0.4) is 0 Å². The second kappa shape index (κ2) is 7.51. The van der Waals surface area contributed by atoms with Gasteiger partial charge in [0.2, 0.25) is 5.91 Å². The van der Waals surface area contributed by atoms with E-state index in [0.717, 1.165) is 37.1 Å². The molecule has 3 nitrogen and oxygen atoms in total. The SMILES string of the molecule is O=C(CCC1CCCCO1)Nc1ccccc1CCl. The first-order valence-corrected chi connectivity index (χ1v) is 7.38. The molecule has 0 aromatic heterocycles. The highest BCUT2D eigenvalue weighted by Gasteiger charge is 2.15. The second-order valence-electron chi connectivity index (χ2n) is 4.87. The maximum Gasteiger partial charge on any atom is 0.224 e. The Bertz CT molecular complexity index is 416. The molecule has 1 N–H and O–H groups in total. The largest absolute Gasteiger partial charge is 0.378 e. The summed E-state index contributed by atoms with van der Waals surface area (Å²) in [4.78, 5) is 11.9. The minimum absolute atomic E-state index is 0.0340. The molecule has 1 aromatic carbocycles. The number of amides is 1. The van der Waals surface area contributed by atoms with Gasteiger partial charge in [0.25, 0.3) is 0 Å². The van der Waals surface area contributed by atoms with Crippen LogP contribution in [0.2, 0.25) is 0 Å². The zero-order valence-electron chi connectivity index (χ0n) is 11.0. The van der Waals surface area contributed by atoms with Crippen molar-refractivity contribution in [2.24, 2.45) is 0 Å². The quantitative estimate of drug-likeness (QED) is 0.836. The summed E-state index contributed by atoms with van der Waals surface area (Å²) in [5, 5.41) is 2.92. The molecular formula is C15H20ClNO2. The number of para-hydroxylation sites is 1. The van der Waals surface area contributed by atoms with E-state index < -0.39 is 0 Å². The maximum atomic E-state index is 11.9. The zero-order chi connectivity index (χ0) is 13.5. The van der Waals surface area contributed by atoms with Gasteiger partial charge < -0.3 is 10.1 Å². The molecule has 0 saturated carbocycles. The molecule has 1 heterocycles. The van der Waals surface area contributed by atoms with Crippen molar-refractivity contribution in [3.63, 3.8) is 0 Å². The predicted molar refractivity (Wildman–Crippen MR) is 77.5 cm³/mol. The zero-order valence-corrected chi connectivity index (χ0v) is 11.8. The molecule has 4 heteroatoms. The molecule has 0 spiro atoms. The Labute approximate surface area is 119 Å². The molecule has 1 aromatic rings. The third-order valence-electron chi connectivity index (χ3n) is 3.40. The first-order valence-electron chi connectivity index (χ1n) is 6.85. The van der Waals surface area contributed by atoms with Crippen molar-refractivity contribution in [1.82, 2.24) is 0 Å². The molecule has 1 saturated heterocycles. The number of hydrogen-bond donors (Lipinski definition) is 1. The molecule has 1 amide bonds. The Kier molecular flexibility index (Phi) is 5.67. The lowest BCUT2D eigenvalue weighted by molar-refractivity contribution is -0.117. The third-order valence-corrected chi connectivity index (χ3v) is 3.69. The van der Waals surface area contributed by atoms with Gasteiger partial charge in [-0.05, 0) is 37.3 Å². The highest BCUT2D eigenvalue weighted by molar-refractivity contribution is 6.17. The van der Waals surface area contributed by atoms with Crippen molar-refractivity contribution >= 4 is 23.2 Å². The number of carbonyl (C=O) groups excluding carboxylic acids is 1. The van der Waals surface area contributed by atoms with Crippen LogP contribution in [0.25, 0.3) is 0 Å². The highest BCUT2D eigenvalue weighted by Crippen LogP contribution is 2.19. The van der Waals surface area contributed by atoms with Crippen LogP contribution >= 0.6 is 11.6 Å². The molecule has 2 rings (SSSR count). The van der Waals surface area contributed by atoms with Crippen molar-refractivity contribution in [3.8, 4) is 0 Å². The summed E-state index contributed by atoms with van der Waals surface area (Å²) >= 11 is 5.84. The molecule has 104 valence electrons. The minimum atomic E-state index is 0.0340. The molecular weight excluding hydrogens is 262 g/mol. The average molecular weight is 282 g/mol. The van der Waals surface area contributed by atoms with E-state index in [2.05, 4.69) is 5.32 Å². The molecule has 0 bridgehead atoms. The Hall–Kier alpha value is -1.06. The van der Waals surface area contributed by atoms with Gasteiger partial charge in [0, 0.05) is 24.6 Å². The van der Waals surface area contributed by atoms with Gasteiger partial charge in [0.15, 0.2) is 0 Å². The Balaban J connectivity index is 1.80. The number of alkyl halides is 1. The fourth-order valence-electron chi connectivity index (χ4n) is 2.30. The fraction of sp³-hybridized carbons (Fsp3) is 0.533. The van der Waals surface area contributed by atoms with Gasteiger partial charge in [-0.2, -0.15) is 0 Å². The second-order valence-corrected chi connectivity index (χ2v) is 5.13. The highest BCUT2D eigenvalue weighted by atomic mass is 35.5. The number of nitrogens with one attached hydrogen (secondary N) is 1. The van der Waals surface area contributed by atoms with E-state index in [1.54, 1.807) is 0 Å². The normalized spacial score (nSPS) is 19.1. The predicted octanol–water partition coefficient (Wildman–Crippen LogP) is 3.71. The van der Waals surface area contributed by atoms with Crippen LogP contribution in [-0.4, -0.2) is 18.6 Å². The molecule has 1 aliphatic rings. The fourth-order valence-corrected chi connectivity index (χ4v) is 2.53. The third kappa shape index (κ3) is 4.51. The number of carbonyl (C=O) groups is 1. The van der Waals surface area contributed by atoms with Crippen molar-refractivity contribution in [1.29, 1.82) is 0 Å². The van der Waals surface area contributed by atoms with E-state index in [-0.39, 0.29) is 12.0 Å². The molecule has 1 aliphatic heterocycles. The van der Waals surface area contributed by atoms with E-state index in [1.165, 1.54) is 6.42 Å². The van der Waals surface area contributed by atoms with Gasteiger partial charge in [-0.3, -0.25) is 4.79 Å². The van der Waals surface area contributed by atoms with Gasteiger partial charge in [-0.1, -0.05) is 18.2 Å². The number of benzene rings is 1. The lowest BCUT2D eigenvalue weighted by atomic mass is 10.0. The number of halogens is 1. The summed E-state index contributed by atoms with van der Waals surface area (Å²) in [5.41, 5.74) is 1.76. The van der Waals surface area contributed by atoms with Gasteiger partial charge in [0.05, 0.1) is 6.10 Å². The summed E-state index contributed by atoms with van der Waals surface area (Å²) in [6.45, 7) is 0.835. The molecule has 19 heavy (non-hydrogen) atoms. The van der Waals surface area contributed by atoms with Crippen LogP contribution in [0.15, 0.2) is 24.3 Å². The summed E-state index contributed by atoms with van der Waals surface area (Å²) in [7, 11) is 0. The van der Waals surface area contributed by atoms with Crippen molar-refractivity contribution in [3.05, 3.63) is 29.8 Å². The van der Waals surface area contributed by atoms with Crippen molar-refractivity contribution in [2.75, 3.05) is 11.9 Å². The molecule has 1 atom stereocenters. The standard InChI is InChI=1S/C15H20ClNO2/c16-11-12-5-1-2-7-14(12)17-15(18)9-8-13-6-3-4-10-19-13/h1-2,5,7,13H,3-4,6,8-11H2,(H,17,18). The van der Waals surface area contributed by atoms with E-state index >= 15 is 0 Å². The Morgan fingerprint density at radius 3 is 2.95 bits per heavy atom. The van der Waals surface area contributed by atoms with Crippen LogP contribution in [0.1, 0.15) is 37.7 Å². The summed E-state index contributed by atoms with van der Waals surface area (Å²) < 4.78 is 5.62. The summed E-state index contributed by atoms with van der Waals surface area (Å²) in [6, 6.07) is 7.62. The lowest BCUT2D eigenvalue weighted by Gasteiger charge is -2.22. The average Bonchev–Trinajstić information content (AvgIpc) is 2.47.